The van der Waals surface area contributed by atoms with Crippen LogP contribution >= 0.6 is 0 Å². The molecule has 0 radical (unpaired) electrons. The van der Waals surface area contributed by atoms with Crippen molar-refractivity contribution in [2.45, 2.75) is 31.4 Å². The molecule has 5 heteroatoms. The Bertz CT molecular complexity index is 831. The fourth-order valence-corrected chi connectivity index (χ4v) is 4.70. The minimum atomic E-state index is -3.19. The van der Waals surface area contributed by atoms with Gasteiger partial charge in [0.15, 0.2) is 9.84 Å². The first kappa shape index (κ1) is 17.7. The van der Waals surface area contributed by atoms with Crippen LogP contribution in [-0.2, 0) is 26.8 Å². The maximum atomic E-state index is 12.5. The van der Waals surface area contributed by atoms with Crippen molar-refractivity contribution >= 4 is 21.4 Å². The third-order valence-electron chi connectivity index (χ3n) is 4.49. The first-order valence-corrected chi connectivity index (χ1v) is 10.5. The number of anilines is 1. The van der Waals surface area contributed by atoms with E-state index in [0.29, 0.717) is 13.0 Å². The Morgan fingerprint density at radius 1 is 1.00 bits per heavy atom. The van der Waals surface area contributed by atoms with Crippen molar-refractivity contribution in [1.82, 2.24) is 0 Å². The monoisotopic (exact) mass is 357 g/mol. The Labute approximate surface area is 149 Å². The van der Waals surface area contributed by atoms with Gasteiger partial charge in [-0.05, 0) is 36.5 Å². The molecule has 0 aliphatic carbocycles. The van der Waals surface area contributed by atoms with Crippen LogP contribution < -0.4 is 4.90 Å². The Balaban J connectivity index is 1.55. The van der Waals surface area contributed by atoms with E-state index in [-0.39, 0.29) is 23.8 Å². The van der Waals surface area contributed by atoms with Gasteiger partial charge in [0, 0.05) is 18.7 Å². The average Bonchev–Trinajstić information content (AvgIpc) is 2.61. The molecule has 1 aliphatic heterocycles. The predicted molar refractivity (Wildman–Crippen MR) is 100 cm³/mol. The number of aryl methyl sites for hydroxylation is 1. The summed E-state index contributed by atoms with van der Waals surface area (Å²) in [6.45, 7) is 0.715. The van der Waals surface area contributed by atoms with E-state index < -0.39 is 9.84 Å². The lowest BCUT2D eigenvalue weighted by Gasteiger charge is -2.29. The van der Waals surface area contributed by atoms with Gasteiger partial charge in [-0.25, -0.2) is 8.42 Å². The van der Waals surface area contributed by atoms with Crippen LogP contribution in [0.4, 0.5) is 5.69 Å². The molecule has 1 heterocycles. The van der Waals surface area contributed by atoms with Crippen molar-refractivity contribution in [3.05, 3.63) is 65.7 Å². The maximum Gasteiger partial charge on any atom is 0.227 e. The van der Waals surface area contributed by atoms with Crippen molar-refractivity contribution < 1.29 is 13.2 Å². The van der Waals surface area contributed by atoms with Crippen LogP contribution in [0.3, 0.4) is 0 Å². The molecule has 4 nitrogen and oxygen atoms in total. The van der Waals surface area contributed by atoms with Gasteiger partial charge in [-0.2, -0.15) is 0 Å². The van der Waals surface area contributed by atoms with Crippen molar-refractivity contribution in [3.63, 3.8) is 0 Å². The Hall–Kier alpha value is -2.14. The summed E-state index contributed by atoms with van der Waals surface area (Å²) in [5, 5.41) is 0. The topological polar surface area (TPSA) is 54.5 Å². The fraction of sp³-hybridized carbons (Fsp3) is 0.350. The minimum absolute atomic E-state index is 0.0158. The highest BCUT2D eigenvalue weighted by Gasteiger charge is 2.22. The second kappa shape index (κ2) is 7.83. The third kappa shape index (κ3) is 4.69. The molecular formula is C20H23NO3S. The van der Waals surface area contributed by atoms with E-state index in [1.165, 1.54) is 5.56 Å². The lowest BCUT2D eigenvalue weighted by atomic mass is 10.0. The smallest absolute Gasteiger partial charge is 0.227 e. The molecule has 0 fully saturated rings. The second-order valence-corrected chi connectivity index (χ2v) is 8.64. The van der Waals surface area contributed by atoms with Crippen LogP contribution in [0.1, 0.15) is 30.4 Å². The summed E-state index contributed by atoms with van der Waals surface area (Å²) < 4.78 is 24.5. The Morgan fingerprint density at radius 3 is 2.52 bits per heavy atom. The summed E-state index contributed by atoms with van der Waals surface area (Å²) in [4.78, 5) is 14.3. The van der Waals surface area contributed by atoms with E-state index in [2.05, 4.69) is 6.07 Å². The largest absolute Gasteiger partial charge is 0.312 e. The molecule has 0 saturated carbocycles. The number of hydrogen-bond acceptors (Lipinski definition) is 3. The number of sulfone groups is 1. The van der Waals surface area contributed by atoms with Gasteiger partial charge in [0.05, 0.1) is 11.5 Å². The molecule has 1 aliphatic rings. The van der Waals surface area contributed by atoms with Crippen LogP contribution in [0.2, 0.25) is 0 Å². The Kier molecular flexibility index (Phi) is 5.53. The molecule has 132 valence electrons. The van der Waals surface area contributed by atoms with E-state index in [1.54, 1.807) is 0 Å². The summed E-state index contributed by atoms with van der Waals surface area (Å²) in [5.41, 5.74) is 2.96. The molecule has 0 unspecified atom stereocenters. The second-order valence-electron chi connectivity index (χ2n) is 6.46. The summed E-state index contributed by atoms with van der Waals surface area (Å²) in [6.07, 6.45) is 2.58. The van der Waals surface area contributed by atoms with Gasteiger partial charge in [-0.3, -0.25) is 4.79 Å². The zero-order valence-electron chi connectivity index (χ0n) is 14.2. The average molecular weight is 357 g/mol. The molecule has 1 amide bonds. The number of nitrogens with zero attached hydrogens (tertiary/aromatic N) is 1. The molecule has 0 saturated heterocycles. The number of carbonyl (C=O) groups excluding carboxylic acids is 1. The van der Waals surface area contributed by atoms with Gasteiger partial charge in [-0.1, -0.05) is 48.5 Å². The van der Waals surface area contributed by atoms with Crippen LogP contribution in [0.5, 0.6) is 0 Å². The highest BCUT2D eigenvalue weighted by atomic mass is 32.2. The van der Waals surface area contributed by atoms with Crippen molar-refractivity contribution in [1.29, 1.82) is 0 Å². The molecule has 3 rings (SSSR count). The zero-order valence-corrected chi connectivity index (χ0v) is 15.0. The first-order chi connectivity index (χ1) is 12.1. The predicted octanol–water partition coefficient (Wildman–Crippen LogP) is 3.36. The highest BCUT2D eigenvalue weighted by molar-refractivity contribution is 7.90. The zero-order chi connectivity index (χ0) is 17.7. The van der Waals surface area contributed by atoms with Crippen LogP contribution in [0.15, 0.2) is 54.6 Å². The van der Waals surface area contributed by atoms with Crippen molar-refractivity contribution in [2.75, 3.05) is 17.2 Å². The lowest BCUT2D eigenvalue weighted by Crippen LogP contribution is -2.35. The van der Waals surface area contributed by atoms with Gasteiger partial charge in [0.25, 0.3) is 0 Å². The molecule has 2 aromatic carbocycles. The van der Waals surface area contributed by atoms with E-state index in [0.717, 1.165) is 24.1 Å². The molecule has 2 aromatic rings. The normalized spacial score (nSPS) is 14.2. The van der Waals surface area contributed by atoms with E-state index in [4.69, 9.17) is 0 Å². The fourth-order valence-electron chi connectivity index (χ4n) is 3.27. The van der Waals surface area contributed by atoms with E-state index >= 15 is 0 Å². The van der Waals surface area contributed by atoms with Gasteiger partial charge >= 0.3 is 0 Å². The third-order valence-corrected chi connectivity index (χ3v) is 6.17. The summed E-state index contributed by atoms with van der Waals surface area (Å²) >= 11 is 0. The standard InChI is InChI=1S/C20H23NO3S/c22-20(21-14-6-11-18-10-4-5-12-19(18)21)13-7-15-25(23,24)16-17-8-2-1-3-9-17/h1-5,8-10,12H,6-7,11,13-16H2. The number of carbonyl (C=O) groups is 1. The van der Waals surface area contributed by atoms with Gasteiger partial charge in [0.1, 0.15) is 0 Å². The summed E-state index contributed by atoms with van der Waals surface area (Å²) in [7, 11) is -3.19. The molecular weight excluding hydrogens is 334 g/mol. The van der Waals surface area contributed by atoms with Gasteiger partial charge in [-0.15, -0.1) is 0 Å². The molecule has 25 heavy (non-hydrogen) atoms. The number of rotatable bonds is 6. The number of benzene rings is 2. The molecule has 0 spiro atoms. The molecule has 0 N–H and O–H groups in total. The molecule has 0 atom stereocenters. The Morgan fingerprint density at radius 2 is 1.72 bits per heavy atom. The quantitative estimate of drug-likeness (QED) is 0.796. The van der Waals surface area contributed by atoms with E-state index in [1.807, 2.05) is 53.4 Å². The number of fused-ring (bicyclic) bond motifs is 1. The van der Waals surface area contributed by atoms with Crippen LogP contribution in [-0.4, -0.2) is 26.6 Å². The molecule has 0 aromatic heterocycles. The summed E-state index contributed by atoms with van der Waals surface area (Å²) in [5.74, 6) is 0.0968. The maximum absolute atomic E-state index is 12.5. The van der Waals surface area contributed by atoms with Gasteiger partial charge < -0.3 is 4.90 Å². The first-order valence-electron chi connectivity index (χ1n) is 8.68. The van der Waals surface area contributed by atoms with Crippen LogP contribution in [0, 0.1) is 0 Å². The highest BCUT2D eigenvalue weighted by Crippen LogP contribution is 2.27. The number of amides is 1. The van der Waals surface area contributed by atoms with Crippen molar-refractivity contribution in [2.24, 2.45) is 0 Å². The number of para-hydroxylation sites is 1. The van der Waals surface area contributed by atoms with E-state index in [9.17, 15) is 13.2 Å². The van der Waals surface area contributed by atoms with Crippen LogP contribution in [0.25, 0.3) is 0 Å². The van der Waals surface area contributed by atoms with Gasteiger partial charge in [0.2, 0.25) is 5.91 Å². The SMILES string of the molecule is O=C(CCCS(=O)(=O)Cc1ccccc1)N1CCCc2ccccc21. The minimum Gasteiger partial charge on any atom is -0.312 e. The lowest BCUT2D eigenvalue weighted by molar-refractivity contribution is -0.118. The molecule has 0 bridgehead atoms. The van der Waals surface area contributed by atoms with Crippen molar-refractivity contribution in [3.8, 4) is 0 Å². The number of hydrogen-bond donors (Lipinski definition) is 0. The summed E-state index contributed by atoms with van der Waals surface area (Å²) in [6, 6.07) is 17.1.